The summed E-state index contributed by atoms with van der Waals surface area (Å²) in [4.78, 5) is 4.18. The molecular formula is C7H9BrN2. The molecule has 1 aromatic rings. The lowest BCUT2D eigenvalue weighted by molar-refractivity contribution is 0.531. The summed E-state index contributed by atoms with van der Waals surface area (Å²) in [5.74, 6) is 0. The quantitative estimate of drug-likeness (QED) is 0.627. The van der Waals surface area contributed by atoms with E-state index in [1.807, 2.05) is 6.33 Å². The van der Waals surface area contributed by atoms with Crippen molar-refractivity contribution < 1.29 is 0 Å². The first-order valence-corrected chi connectivity index (χ1v) is 4.37. The van der Waals surface area contributed by atoms with Gasteiger partial charge in [0.15, 0.2) is 0 Å². The van der Waals surface area contributed by atoms with Gasteiger partial charge in [0, 0.05) is 6.54 Å². The SMILES string of the molecule is Brc1ncn2c1CCCC2. The van der Waals surface area contributed by atoms with Gasteiger partial charge in [0.1, 0.15) is 4.60 Å². The molecule has 0 N–H and O–H groups in total. The van der Waals surface area contributed by atoms with E-state index in [1.54, 1.807) is 0 Å². The Morgan fingerprint density at radius 3 is 3.20 bits per heavy atom. The molecule has 0 aliphatic carbocycles. The Morgan fingerprint density at radius 2 is 2.40 bits per heavy atom. The minimum absolute atomic E-state index is 1.03. The molecule has 0 amide bonds. The topological polar surface area (TPSA) is 17.8 Å². The van der Waals surface area contributed by atoms with Crippen molar-refractivity contribution in [1.29, 1.82) is 0 Å². The number of rotatable bonds is 0. The van der Waals surface area contributed by atoms with Gasteiger partial charge < -0.3 is 4.57 Å². The van der Waals surface area contributed by atoms with Crippen LogP contribution in [0.25, 0.3) is 0 Å². The van der Waals surface area contributed by atoms with Crippen molar-refractivity contribution in [3.05, 3.63) is 16.6 Å². The van der Waals surface area contributed by atoms with Crippen LogP contribution in [0.1, 0.15) is 18.5 Å². The van der Waals surface area contributed by atoms with E-state index < -0.39 is 0 Å². The average molecular weight is 201 g/mol. The van der Waals surface area contributed by atoms with Gasteiger partial charge in [-0.3, -0.25) is 0 Å². The van der Waals surface area contributed by atoms with E-state index in [0.29, 0.717) is 0 Å². The maximum Gasteiger partial charge on any atom is 0.127 e. The van der Waals surface area contributed by atoms with Gasteiger partial charge >= 0.3 is 0 Å². The molecule has 0 atom stereocenters. The van der Waals surface area contributed by atoms with Crippen LogP contribution >= 0.6 is 15.9 Å². The fourth-order valence-corrected chi connectivity index (χ4v) is 1.91. The van der Waals surface area contributed by atoms with Crippen LogP contribution in [0.4, 0.5) is 0 Å². The summed E-state index contributed by atoms with van der Waals surface area (Å²) in [6, 6.07) is 0. The highest BCUT2D eigenvalue weighted by atomic mass is 79.9. The second-order valence-electron chi connectivity index (χ2n) is 2.63. The molecular weight excluding hydrogens is 192 g/mol. The molecule has 0 unspecified atom stereocenters. The van der Waals surface area contributed by atoms with E-state index in [1.165, 1.54) is 25.0 Å². The zero-order chi connectivity index (χ0) is 6.97. The average Bonchev–Trinajstić information content (AvgIpc) is 2.34. The summed E-state index contributed by atoms with van der Waals surface area (Å²) in [6.45, 7) is 1.15. The number of nitrogens with zero attached hydrogens (tertiary/aromatic N) is 2. The Morgan fingerprint density at radius 1 is 1.50 bits per heavy atom. The molecule has 54 valence electrons. The second kappa shape index (κ2) is 2.38. The zero-order valence-corrected chi connectivity index (χ0v) is 7.26. The molecule has 1 aliphatic rings. The Balaban J connectivity index is 2.45. The van der Waals surface area contributed by atoms with Gasteiger partial charge in [0.05, 0.1) is 12.0 Å². The van der Waals surface area contributed by atoms with Crippen molar-refractivity contribution in [3.8, 4) is 0 Å². The number of hydrogen-bond acceptors (Lipinski definition) is 1. The highest BCUT2D eigenvalue weighted by Gasteiger charge is 2.11. The van der Waals surface area contributed by atoms with Gasteiger partial charge in [-0.25, -0.2) is 4.98 Å². The molecule has 0 saturated carbocycles. The number of fused-ring (bicyclic) bond motifs is 1. The van der Waals surface area contributed by atoms with Crippen LogP contribution in [0.5, 0.6) is 0 Å². The summed E-state index contributed by atoms with van der Waals surface area (Å²) in [5.41, 5.74) is 1.37. The van der Waals surface area contributed by atoms with E-state index >= 15 is 0 Å². The lowest BCUT2D eigenvalue weighted by Crippen LogP contribution is -2.08. The predicted octanol–water partition coefficient (Wildman–Crippen LogP) is 1.98. The Labute approximate surface area is 68.4 Å². The molecule has 0 spiro atoms. The summed E-state index contributed by atoms with van der Waals surface area (Å²) < 4.78 is 3.26. The molecule has 0 bridgehead atoms. The van der Waals surface area contributed by atoms with Crippen LogP contribution in [0.2, 0.25) is 0 Å². The molecule has 2 nitrogen and oxygen atoms in total. The lowest BCUT2D eigenvalue weighted by atomic mass is 10.1. The van der Waals surface area contributed by atoms with Crippen LogP contribution in [-0.4, -0.2) is 9.55 Å². The molecule has 0 saturated heterocycles. The monoisotopic (exact) mass is 200 g/mol. The zero-order valence-electron chi connectivity index (χ0n) is 5.68. The van der Waals surface area contributed by atoms with Crippen LogP contribution in [-0.2, 0) is 13.0 Å². The number of halogens is 1. The Hall–Kier alpha value is -0.310. The molecule has 0 aromatic carbocycles. The van der Waals surface area contributed by atoms with Crippen molar-refractivity contribution in [1.82, 2.24) is 9.55 Å². The number of imidazole rings is 1. The fourth-order valence-electron chi connectivity index (χ4n) is 1.40. The normalized spacial score (nSPS) is 16.9. The van der Waals surface area contributed by atoms with Crippen molar-refractivity contribution >= 4 is 15.9 Å². The largest absolute Gasteiger partial charge is 0.334 e. The number of hydrogen-bond donors (Lipinski definition) is 0. The van der Waals surface area contributed by atoms with E-state index in [2.05, 4.69) is 25.5 Å². The number of aromatic nitrogens is 2. The molecule has 0 radical (unpaired) electrons. The van der Waals surface area contributed by atoms with E-state index in [4.69, 9.17) is 0 Å². The van der Waals surface area contributed by atoms with E-state index in [-0.39, 0.29) is 0 Å². The van der Waals surface area contributed by atoms with Gasteiger partial charge in [0.2, 0.25) is 0 Å². The van der Waals surface area contributed by atoms with Crippen LogP contribution in [0.15, 0.2) is 10.9 Å². The van der Waals surface area contributed by atoms with Gasteiger partial charge in [-0.15, -0.1) is 0 Å². The summed E-state index contributed by atoms with van der Waals surface area (Å²) >= 11 is 3.42. The standard InChI is InChI=1S/C7H9BrN2/c8-7-6-3-1-2-4-10(6)5-9-7/h5H,1-4H2. The van der Waals surface area contributed by atoms with Crippen molar-refractivity contribution in [2.75, 3.05) is 0 Å². The summed E-state index contributed by atoms with van der Waals surface area (Å²) in [6.07, 6.45) is 5.71. The maximum absolute atomic E-state index is 4.18. The van der Waals surface area contributed by atoms with Crippen LogP contribution in [0, 0.1) is 0 Å². The maximum atomic E-state index is 4.18. The summed E-state index contributed by atoms with van der Waals surface area (Å²) in [7, 11) is 0. The smallest absolute Gasteiger partial charge is 0.127 e. The third kappa shape index (κ3) is 0.888. The van der Waals surface area contributed by atoms with E-state index in [0.717, 1.165) is 11.1 Å². The minimum atomic E-state index is 1.03. The van der Waals surface area contributed by atoms with Gasteiger partial charge in [0.25, 0.3) is 0 Å². The van der Waals surface area contributed by atoms with Crippen molar-refractivity contribution in [2.24, 2.45) is 0 Å². The van der Waals surface area contributed by atoms with Gasteiger partial charge in [-0.1, -0.05) is 0 Å². The highest BCUT2D eigenvalue weighted by molar-refractivity contribution is 9.10. The molecule has 2 heterocycles. The molecule has 10 heavy (non-hydrogen) atoms. The predicted molar refractivity (Wildman–Crippen MR) is 42.9 cm³/mol. The van der Waals surface area contributed by atoms with Gasteiger partial charge in [-0.05, 0) is 35.2 Å². The Kier molecular flexibility index (Phi) is 1.52. The molecule has 1 aromatic heterocycles. The second-order valence-corrected chi connectivity index (χ2v) is 3.38. The fraction of sp³-hybridized carbons (Fsp3) is 0.571. The van der Waals surface area contributed by atoms with Crippen LogP contribution in [0.3, 0.4) is 0 Å². The molecule has 1 aliphatic heterocycles. The number of aryl methyl sites for hydroxylation is 1. The summed E-state index contributed by atoms with van der Waals surface area (Å²) in [5, 5.41) is 0. The first kappa shape index (κ1) is 6.40. The minimum Gasteiger partial charge on any atom is -0.334 e. The molecule has 2 rings (SSSR count). The first-order valence-electron chi connectivity index (χ1n) is 3.57. The van der Waals surface area contributed by atoms with Crippen LogP contribution < -0.4 is 0 Å². The van der Waals surface area contributed by atoms with Gasteiger partial charge in [-0.2, -0.15) is 0 Å². The first-order chi connectivity index (χ1) is 4.88. The highest BCUT2D eigenvalue weighted by Crippen LogP contribution is 2.21. The van der Waals surface area contributed by atoms with Crippen molar-refractivity contribution in [2.45, 2.75) is 25.8 Å². The molecule has 0 fully saturated rings. The Bertz CT molecular complexity index is 242. The van der Waals surface area contributed by atoms with E-state index in [9.17, 15) is 0 Å². The molecule has 3 heteroatoms. The third-order valence-corrected chi connectivity index (χ3v) is 2.62. The third-order valence-electron chi connectivity index (χ3n) is 1.96. The lowest BCUT2D eigenvalue weighted by Gasteiger charge is -2.13. The van der Waals surface area contributed by atoms with Crippen molar-refractivity contribution in [3.63, 3.8) is 0 Å².